The number of hydrogen-bond donors (Lipinski definition) is 1. The van der Waals surface area contributed by atoms with Crippen molar-refractivity contribution in [2.24, 2.45) is 0 Å². The Bertz CT molecular complexity index is 441. The minimum atomic E-state index is -0.307. The highest BCUT2D eigenvalue weighted by atomic mass is 32.1. The van der Waals surface area contributed by atoms with Gasteiger partial charge in [-0.1, -0.05) is 11.3 Å². The van der Waals surface area contributed by atoms with Gasteiger partial charge in [-0.05, 0) is 13.3 Å². The number of nitriles is 1. The molecule has 0 aliphatic carbocycles. The van der Waals surface area contributed by atoms with E-state index in [4.69, 9.17) is 5.26 Å². The van der Waals surface area contributed by atoms with Gasteiger partial charge in [0.25, 0.3) is 0 Å². The lowest BCUT2D eigenvalue weighted by atomic mass is 10.3. The van der Waals surface area contributed by atoms with Crippen LogP contribution in [-0.4, -0.2) is 10.5 Å². The van der Waals surface area contributed by atoms with Gasteiger partial charge in [-0.3, -0.25) is 14.9 Å². The molecule has 0 radical (unpaired) electrons. The molecule has 80 valence electrons. The Kier molecular flexibility index (Phi) is 4.06. The van der Waals surface area contributed by atoms with Crippen LogP contribution in [0, 0.1) is 18.4 Å². The summed E-state index contributed by atoms with van der Waals surface area (Å²) in [5.41, 5.74) is 0.908. The molecule has 0 aromatic carbocycles. The number of hydrogen-bond acceptors (Lipinski definition) is 4. The monoisotopic (exact) mass is 225 g/mol. The first-order chi connectivity index (χ1) is 7.15. The lowest BCUT2D eigenvalue weighted by Gasteiger charge is -2.02. The van der Waals surface area contributed by atoms with E-state index < -0.39 is 0 Å². The second-order valence-electron chi connectivity index (χ2n) is 3.06. The number of rotatable bonds is 4. The quantitative estimate of drug-likeness (QED) is 0.602. The standard InChI is InChI=1S/C9H11N3O2S/c1-7-5-15-9(14)12(7)4-2-3-8(13)11-6-10/h5H,2-4H2,1H3,(H,11,13). The summed E-state index contributed by atoms with van der Waals surface area (Å²) in [5, 5.41) is 12.0. The van der Waals surface area contributed by atoms with E-state index in [1.807, 2.05) is 12.2 Å². The van der Waals surface area contributed by atoms with Gasteiger partial charge < -0.3 is 4.57 Å². The molecule has 6 heteroatoms. The van der Waals surface area contributed by atoms with Gasteiger partial charge in [-0.15, -0.1) is 0 Å². The van der Waals surface area contributed by atoms with Crippen LogP contribution >= 0.6 is 11.3 Å². The summed E-state index contributed by atoms with van der Waals surface area (Å²) in [5.74, 6) is -0.307. The van der Waals surface area contributed by atoms with Crippen molar-refractivity contribution in [1.29, 1.82) is 5.26 Å². The maximum atomic E-state index is 11.3. The third-order valence-electron chi connectivity index (χ3n) is 1.96. The molecule has 1 N–H and O–H groups in total. The maximum Gasteiger partial charge on any atom is 0.307 e. The number of aryl methyl sites for hydroxylation is 1. The van der Waals surface area contributed by atoms with Crippen LogP contribution in [0.1, 0.15) is 18.5 Å². The van der Waals surface area contributed by atoms with Crippen LogP contribution in [0.25, 0.3) is 0 Å². The van der Waals surface area contributed by atoms with E-state index >= 15 is 0 Å². The van der Waals surface area contributed by atoms with Gasteiger partial charge in [-0.2, -0.15) is 5.26 Å². The molecule has 0 aliphatic rings. The van der Waals surface area contributed by atoms with E-state index in [9.17, 15) is 9.59 Å². The third kappa shape index (κ3) is 3.22. The first-order valence-corrected chi connectivity index (χ1v) is 5.36. The van der Waals surface area contributed by atoms with Crippen molar-refractivity contribution in [3.05, 3.63) is 20.7 Å². The van der Waals surface area contributed by atoms with E-state index in [1.165, 1.54) is 0 Å². The van der Waals surface area contributed by atoms with Gasteiger partial charge in [0.05, 0.1) is 0 Å². The zero-order chi connectivity index (χ0) is 11.3. The van der Waals surface area contributed by atoms with Gasteiger partial charge in [0, 0.05) is 24.0 Å². The normalized spacial score (nSPS) is 9.60. The molecule has 0 unspecified atom stereocenters. The lowest BCUT2D eigenvalue weighted by Crippen LogP contribution is -2.19. The van der Waals surface area contributed by atoms with Crippen LogP contribution < -0.4 is 10.2 Å². The Labute approximate surface area is 91.0 Å². The first kappa shape index (κ1) is 11.5. The molecule has 0 saturated heterocycles. The molecule has 1 aromatic heterocycles. The van der Waals surface area contributed by atoms with Gasteiger partial charge in [-0.25, -0.2) is 0 Å². The maximum absolute atomic E-state index is 11.3. The second kappa shape index (κ2) is 5.32. The SMILES string of the molecule is Cc1csc(=O)n1CCCC(=O)NC#N. The highest BCUT2D eigenvalue weighted by molar-refractivity contribution is 7.07. The summed E-state index contributed by atoms with van der Waals surface area (Å²) < 4.78 is 1.63. The van der Waals surface area contributed by atoms with Gasteiger partial charge in [0.2, 0.25) is 5.91 Å². The Morgan fingerprint density at radius 3 is 3.00 bits per heavy atom. The molecule has 0 fully saturated rings. The van der Waals surface area contributed by atoms with Crippen molar-refractivity contribution in [2.45, 2.75) is 26.3 Å². The third-order valence-corrected chi connectivity index (χ3v) is 2.84. The molecule has 0 saturated carbocycles. The molecule has 0 atom stereocenters. The number of nitrogens with zero attached hydrogens (tertiary/aromatic N) is 2. The van der Waals surface area contributed by atoms with E-state index in [1.54, 1.807) is 16.1 Å². The second-order valence-corrected chi connectivity index (χ2v) is 3.88. The zero-order valence-electron chi connectivity index (χ0n) is 8.32. The fraction of sp³-hybridized carbons (Fsp3) is 0.444. The number of carbonyl (C=O) groups excluding carboxylic acids is 1. The largest absolute Gasteiger partial charge is 0.307 e. The molecule has 5 nitrogen and oxygen atoms in total. The van der Waals surface area contributed by atoms with Crippen molar-refractivity contribution in [3.63, 3.8) is 0 Å². The molecule has 1 rings (SSSR count). The van der Waals surface area contributed by atoms with Crippen molar-refractivity contribution >= 4 is 17.2 Å². The Morgan fingerprint density at radius 1 is 1.73 bits per heavy atom. The fourth-order valence-corrected chi connectivity index (χ4v) is 1.96. The molecule has 1 aromatic rings. The van der Waals surface area contributed by atoms with E-state index in [0.29, 0.717) is 13.0 Å². The molecule has 0 spiro atoms. The predicted molar refractivity (Wildman–Crippen MR) is 56.3 cm³/mol. The minimum Gasteiger partial charge on any atom is -0.303 e. The van der Waals surface area contributed by atoms with E-state index in [0.717, 1.165) is 17.0 Å². The Hall–Kier alpha value is -1.61. The summed E-state index contributed by atoms with van der Waals surface area (Å²) in [7, 11) is 0. The minimum absolute atomic E-state index is 0.00630. The van der Waals surface area contributed by atoms with Crippen molar-refractivity contribution in [3.8, 4) is 6.19 Å². The van der Waals surface area contributed by atoms with Gasteiger partial charge in [0.1, 0.15) is 0 Å². The predicted octanol–water partition coefficient (Wildman–Crippen LogP) is 0.596. The van der Waals surface area contributed by atoms with Crippen LogP contribution in [-0.2, 0) is 11.3 Å². The van der Waals surface area contributed by atoms with Crippen molar-refractivity contribution in [1.82, 2.24) is 9.88 Å². The van der Waals surface area contributed by atoms with Crippen LogP contribution in [0.2, 0.25) is 0 Å². The summed E-state index contributed by atoms with van der Waals surface area (Å²) >= 11 is 1.15. The summed E-state index contributed by atoms with van der Waals surface area (Å²) in [6.07, 6.45) is 2.39. The van der Waals surface area contributed by atoms with E-state index in [2.05, 4.69) is 0 Å². The molecule has 0 aliphatic heterocycles. The van der Waals surface area contributed by atoms with E-state index in [-0.39, 0.29) is 17.2 Å². The van der Waals surface area contributed by atoms with Crippen LogP contribution in [0.15, 0.2) is 10.2 Å². The highest BCUT2D eigenvalue weighted by Crippen LogP contribution is 2.01. The molecular weight excluding hydrogens is 214 g/mol. The highest BCUT2D eigenvalue weighted by Gasteiger charge is 2.04. The number of carbonyl (C=O) groups is 1. The van der Waals surface area contributed by atoms with Gasteiger partial charge >= 0.3 is 4.87 Å². The molecule has 15 heavy (non-hydrogen) atoms. The van der Waals surface area contributed by atoms with Crippen LogP contribution in [0.3, 0.4) is 0 Å². The first-order valence-electron chi connectivity index (χ1n) is 4.48. The topological polar surface area (TPSA) is 74.9 Å². The smallest absolute Gasteiger partial charge is 0.303 e. The fourth-order valence-electron chi connectivity index (χ4n) is 1.20. The molecule has 0 bridgehead atoms. The summed E-state index contributed by atoms with van der Waals surface area (Å²) in [6, 6.07) is 0. The van der Waals surface area contributed by atoms with Crippen molar-refractivity contribution in [2.75, 3.05) is 0 Å². The Balaban J connectivity index is 2.42. The molecule has 1 heterocycles. The number of nitrogens with one attached hydrogen (secondary N) is 1. The zero-order valence-corrected chi connectivity index (χ0v) is 9.13. The number of thiazole rings is 1. The summed E-state index contributed by atoms with van der Waals surface area (Å²) in [4.78, 5) is 22.2. The average molecular weight is 225 g/mol. The number of aromatic nitrogens is 1. The Morgan fingerprint density at radius 2 is 2.47 bits per heavy atom. The van der Waals surface area contributed by atoms with Crippen LogP contribution in [0.4, 0.5) is 0 Å². The molecule has 1 amide bonds. The molecular formula is C9H11N3O2S. The average Bonchev–Trinajstić information content (AvgIpc) is 2.49. The summed E-state index contributed by atoms with van der Waals surface area (Å²) in [6.45, 7) is 2.38. The van der Waals surface area contributed by atoms with Crippen molar-refractivity contribution < 1.29 is 4.79 Å². The van der Waals surface area contributed by atoms with Crippen LogP contribution in [0.5, 0.6) is 0 Å². The van der Waals surface area contributed by atoms with Gasteiger partial charge in [0.15, 0.2) is 6.19 Å². The lowest BCUT2D eigenvalue weighted by molar-refractivity contribution is -0.120. The number of amides is 1.